The lowest BCUT2D eigenvalue weighted by atomic mass is 9.64. The van der Waals surface area contributed by atoms with Gasteiger partial charge in [0.15, 0.2) is 0 Å². The summed E-state index contributed by atoms with van der Waals surface area (Å²) in [7, 11) is 0. The molecular weight excluding hydrogens is 470 g/mol. The zero-order valence-electron chi connectivity index (χ0n) is 20.2. The number of carbonyl (C=O) groups excluding carboxylic acids is 1. The Morgan fingerprint density at radius 1 is 1.17 bits per heavy atom. The van der Waals surface area contributed by atoms with E-state index in [9.17, 15) is 24.9 Å². The second kappa shape index (κ2) is 10.2. The van der Waals surface area contributed by atoms with E-state index in [4.69, 9.17) is 16.3 Å². The predicted molar refractivity (Wildman–Crippen MR) is 134 cm³/mol. The Labute approximate surface area is 210 Å². The van der Waals surface area contributed by atoms with Crippen LogP contribution in [0.3, 0.4) is 0 Å². The molecule has 3 atom stereocenters. The molecule has 0 radical (unpaired) electrons. The highest BCUT2D eigenvalue weighted by atomic mass is 35.5. The van der Waals surface area contributed by atoms with Crippen LogP contribution < -0.4 is 10.1 Å². The van der Waals surface area contributed by atoms with E-state index in [0.717, 1.165) is 0 Å². The molecule has 0 bridgehead atoms. The van der Waals surface area contributed by atoms with Crippen molar-refractivity contribution in [3.63, 3.8) is 0 Å². The lowest BCUT2D eigenvalue weighted by Crippen LogP contribution is -2.52. The topological polar surface area (TPSA) is 116 Å². The van der Waals surface area contributed by atoms with E-state index in [2.05, 4.69) is 11.9 Å². The molecule has 0 aromatic heterocycles. The first kappa shape index (κ1) is 26.4. The van der Waals surface area contributed by atoms with Crippen LogP contribution >= 0.6 is 11.6 Å². The number of hydrogen-bond donors (Lipinski definition) is 4. The molecule has 0 aliphatic heterocycles. The van der Waals surface area contributed by atoms with Gasteiger partial charge in [-0.25, -0.2) is 4.79 Å². The Morgan fingerprint density at radius 3 is 2.37 bits per heavy atom. The van der Waals surface area contributed by atoms with Crippen molar-refractivity contribution < 1.29 is 29.6 Å². The third-order valence-electron chi connectivity index (χ3n) is 7.57. The maximum Gasteiger partial charge on any atom is 0.326 e. The lowest BCUT2D eigenvalue weighted by molar-refractivity contribution is -0.145. The van der Waals surface area contributed by atoms with Gasteiger partial charge in [-0.05, 0) is 48.1 Å². The molecular formula is C27H32ClNO6. The number of allylic oxidation sites excluding steroid dienone is 1. The van der Waals surface area contributed by atoms with Crippen LogP contribution in [0.4, 0.5) is 0 Å². The van der Waals surface area contributed by atoms with E-state index >= 15 is 0 Å². The Morgan fingerprint density at radius 2 is 1.83 bits per heavy atom. The molecule has 1 aliphatic rings. The van der Waals surface area contributed by atoms with Gasteiger partial charge in [0.25, 0.3) is 0 Å². The van der Waals surface area contributed by atoms with Gasteiger partial charge < -0.3 is 25.4 Å². The molecule has 2 aromatic rings. The first-order valence-corrected chi connectivity index (χ1v) is 11.8. The van der Waals surface area contributed by atoms with Crippen LogP contribution in [0.5, 0.6) is 11.5 Å². The van der Waals surface area contributed by atoms with Gasteiger partial charge in [-0.3, -0.25) is 4.79 Å². The number of nitrogens with one attached hydrogen (secondary N) is 1. The quantitative estimate of drug-likeness (QED) is 0.349. The number of carboxylic acids is 1. The predicted octanol–water partition coefficient (Wildman–Crippen LogP) is 5.25. The summed E-state index contributed by atoms with van der Waals surface area (Å²) in [6, 6.07) is 10.6. The summed E-state index contributed by atoms with van der Waals surface area (Å²) in [5.74, 6) is -1.09. The van der Waals surface area contributed by atoms with Crippen LogP contribution in [0.15, 0.2) is 54.8 Å². The minimum atomic E-state index is -1.13. The van der Waals surface area contributed by atoms with Crippen LogP contribution in [-0.2, 0) is 22.6 Å². The van der Waals surface area contributed by atoms with Gasteiger partial charge in [0.1, 0.15) is 24.1 Å². The second-order valence-corrected chi connectivity index (χ2v) is 10.3. The molecule has 3 rings (SSSR count). The normalized spacial score (nSPS) is 21.8. The molecule has 0 unspecified atom stereocenters. The van der Waals surface area contributed by atoms with E-state index < -0.39 is 22.8 Å². The van der Waals surface area contributed by atoms with Gasteiger partial charge in [0, 0.05) is 17.9 Å². The molecule has 1 aliphatic carbocycles. The van der Waals surface area contributed by atoms with Gasteiger partial charge >= 0.3 is 5.97 Å². The van der Waals surface area contributed by atoms with E-state index in [1.54, 1.807) is 36.4 Å². The smallest absolute Gasteiger partial charge is 0.326 e. The average molecular weight is 502 g/mol. The zero-order valence-corrected chi connectivity index (χ0v) is 20.9. The summed E-state index contributed by atoms with van der Waals surface area (Å²) in [4.78, 5) is 25.2. The summed E-state index contributed by atoms with van der Waals surface area (Å²) in [5.41, 5.74) is -0.245. The number of aliphatic hydroxyl groups excluding tert-OH is 1. The van der Waals surface area contributed by atoms with Crippen molar-refractivity contribution in [1.82, 2.24) is 5.32 Å². The molecule has 7 nitrogen and oxygen atoms in total. The molecule has 1 saturated carbocycles. The maximum atomic E-state index is 13.2. The number of hydrogen-bond acceptors (Lipinski definition) is 5. The minimum Gasteiger partial charge on any atom is -0.513 e. The van der Waals surface area contributed by atoms with Gasteiger partial charge in [0.2, 0.25) is 5.91 Å². The fraction of sp³-hybridized carbons (Fsp3) is 0.407. The SMILES string of the molecule is C=C(O)[C@H]1CC[C@@](C)(C(=O)N[C@@H](Cc2ccc(OCc3c(O)cccc3Cl)cc2)C(=O)O)C1(C)C. The first-order valence-electron chi connectivity index (χ1n) is 11.5. The fourth-order valence-corrected chi connectivity index (χ4v) is 5.03. The highest BCUT2D eigenvalue weighted by Crippen LogP contribution is 2.57. The Kier molecular flexibility index (Phi) is 7.70. The van der Waals surface area contributed by atoms with Crippen LogP contribution in [0.2, 0.25) is 5.02 Å². The summed E-state index contributed by atoms with van der Waals surface area (Å²) < 4.78 is 5.70. The van der Waals surface area contributed by atoms with Gasteiger partial charge in [-0.2, -0.15) is 0 Å². The van der Waals surface area contributed by atoms with Crippen LogP contribution in [0.1, 0.15) is 44.7 Å². The molecule has 0 heterocycles. The highest BCUT2D eigenvalue weighted by Gasteiger charge is 2.57. The van der Waals surface area contributed by atoms with E-state index in [0.29, 0.717) is 34.7 Å². The van der Waals surface area contributed by atoms with E-state index in [1.165, 1.54) is 6.07 Å². The number of rotatable bonds is 9. The third kappa shape index (κ3) is 5.40. The minimum absolute atomic E-state index is 0.0444. The molecule has 4 N–H and O–H groups in total. The number of phenolic OH excluding ortho intramolecular Hbond substituents is 1. The third-order valence-corrected chi connectivity index (χ3v) is 7.93. The van der Waals surface area contributed by atoms with Crippen LogP contribution in [0.25, 0.3) is 0 Å². The number of phenols is 1. The van der Waals surface area contributed by atoms with Crippen molar-refractivity contribution in [2.75, 3.05) is 0 Å². The van der Waals surface area contributed by atoms with E-state index in [-0.39, 0.29) is 36.4 Å². The average Bonchev–Trinajstić information content (AvgIpc) is 3.03. The molecule has 1 fully saturated rings. The van der Waals surface area contributed by atoms with Gasteiger partial charge in [-0.1, -0.05) is 57.2 Å². The molecule has 1 amide bonds. The van der Waals surface area contributed by atoms with Gasteiger partial charge in [0.05, 0.1) is 16.2 Å². The van der Waals surface area contributed by atoms with Crippen molar-refractivity contribution in [2.24, 2.45) is 16.7 Å². The summed E-state index contributed by atoms with van der Waals surface area (Å²) in [6.07, 6.45) is 1.23. The Balaban J connectivity index is 1.66. The highest BCUT2D eigenvalue weighted by molar-refractivity contribution is 6.31. The molecule has 0 saturated heterocycles. The Bertz CT molecular complexity index is 1090. The zero-order chi connectivity index (χ0) is 26.0. The first-order chi connectivity index (χ1) is 16.4. The van der Waals surface area contributed by atoms with Crippen molar-refractivity contribution in [3.8, 4) is 11.5 Å². The van der Waals surface area contributed by atoms with Crippen molar-refractivity contribution in [1.29, 1.82) is 0 Å². The number of aliphatic hydroxyl groups is 1. The van der Waals surface area contributed by atoms with Gasteiger partial charge in [-0.15, -0.1) is 0 Å². The Hall–Kier alpha value is -3.19. The number of aromatic hydroxyl groups is 1. The molecule has 188 valence electrons. The number of aliphatic carboxylic acids is 1. The fourth-order valence-electron chi connectivity index (χ4n) is 4.81. The molecule has 8 heteroatoms. The number of benzene rings is 2. The summed E-state index contributed by atoms with van der Waals surface area (Å²) in [6.45, 7) is 9.35. The molecule has 0 spiro atoms. The number of carboxylic acid groups (broad SMARTS) is 1. The van der Waals surface area contributed by atoms with Crippen molar-refractivity contribution >= 4 is 23.5 Å². The number of ether oxygens (including phenoxy) is 1. The number of amides is 1. The lowest BCUT2D eigenvalue weighted by Gasteiger charge is -2.40. The standard InChI is InChI=1S/C27H32ClNO6/c1-16(30)20-12-13-27(4,26(20,2)3)25(34)29-22(24(32)33)14-17-8-10-18(11-9-17)35-15-19-21(28)6-5-7-23(19)31/h5-11,20,22,30-31H,1,12-15H2,2-4H3,(H,29,34)(H,32,33)/t20-,22+,27+/m1/s1. The monoisotopic (exact) mass is 501 g/mol. The summed E-state index contributed by atoms with van der Waals surface area (Å²) >= 11 is 6.10. The molecule has 2 aromatic carbocycles. The van der Waals surface area contributed by atoms with E-state index in [1.807, 2.05) is 20.8 Å². The number of carbonyl (C=O) groups is 2. The van der Waals surface area contributed by atoms with Crippen LogP contribution in [0, 0.1) is 16.7 Å². The second-order valence-electron chi connectivity index (χ2n) is 9.87. The number of halogens is 1. The maximum absolute atomic E-state index is 13.2. The van der Waals surface area contributed by atoms with Crippen LogP contribution in [-0.4, -0.2) is 33.2 Å². The largest absolute Gasteiger partial charge is 0.513 e. The van der Waals surface area contributed by atoms with Crippen molar-refractivity contribution in [3.05, 3.63) is 71.0 Å². The molecule has 35 heavy (non-hydrogen) atoms. The van der Waals surface area contributed by atoms with Crippen molar-refractivity contribution in [2.45, 2.75) is 52.7 Å². The summed E-state index contributed by atoms with van der Waals surface area (Å²) in [5, 5.41) is 32.8.